The minimum atomic E-state index is -0.742. The quantitative estimate of drug-likeness (QED) is 0.456. The average Bonchev–Trinajstić information content (AvgIpc) is 3.35. The minimum absolute atomic E-state index is 0.264. The lowest BCUT2D eigenvalue weighted by atomic mass is 9.96. The zero-order valence-electron chi connectivity index (χ0n) is 16.9. The summed E-state index contributed by atoms with van der Waals surface area (Å²) in [6.45, 7) is 3.02. The molecule has 0 N–H and O–H groups in total. The third-order valence-electron chi connectivity index (χ3n) is 4.70. The highest BCUT2D eigenvalue weighted by molar-refractivity contribution is 7.07. The Morgan fingerprint density at radius 2 is 1.97 bits per heavy atom. The topological polar surface area (TPSA) is 100 Å². The molecular formula is C22H18N2O6S. The van der Waals surface area contributed by atoms with E-state index in [-0.39, 0.29) is 11.1 Å². The number of hydrogen-bond acceptors (Lipinski definition) is 8. The zero-order valence-corrected chi connectivity index (χ0v) is 17.8. The van der Waals surface area contributed by atoms with E-state index >= 15 is 0 Å². The predicted octanol–water partition coefficient (Wildman–Crippen LogP) is 1.93. The van der Waals surface area contributed by atoms with Crippen molar-refractivity contribution in [2.24, 2.45) is 4.99 Å². The van der Waals surface area contributed by atoms with E-state index in [4.69, 9.17) is 13.9 Å². The molecule has 0 unspecified atom stereocenters. The van der Waals surface area contributed by atoms with Crippen LogP contribution in [0.15, 0.2) is 68.1 Å². The zero-order chi connectivity index (χ0) is 22.1. The molecule has 0 spiro atoms. The van der Waals surface area contributed by atoms with Gasteiger partial charge in [-0.15, -0.1) is 0 Å². The maximum Gasteiger partial charge on any atom is 0.338 e. The molecule has 0 amide bonds. The van der Waals surface area contributed by atoms with Gasteiger partial charge in [0.2, 0.25) is 0 Å². The van der Waals surface area contributed by atoms with E-state index in [0.29, 0.717) is 32.1 Å². The first-order chi connectivity index (χ1) is 14.9. The summed E-state index contributed by atoms with van der Waals surface area (Å²) in [5, 5.41) is 0. The van der Waals surface area contributed by atoms with Crippen LogP contribution in [-0.2, 0) is 14.3 Å². The molecule has 158 valence electrons. The first-order valence-electron chi connectivity index (χ1n) is 9.32. The van der Waals surface area contributed by atoms with Crippen molar-refractivity contribution in [3.05, 3.63) is 84.9 Å². The molecule has 1 aliphatic rings. The number of methoxy groups -OCH3 is 1. The number of nitrogens with zero attached hydrogens (tertiary/aromatic N) is 2. The van der Waals surface area contributed by atoms with Crippen LogP contribution in [0.4, 0.5) is 0 Å². The number of esters is 2. The van der Waals surface area contributed by atoms with E-state index < -0.39 is 18.0 Å². The molecule has 0 bridgehead atoms. The largest absolute Gasteiger partial charge is 0.466 e. The number of allylic oxidation sites excluding steroid dienone is 1. The number of ether oxygens (including phenoxy) is 2. The molecular weight excluding hydrogens is 420 g/mol. The van der Waals surface area contributed by atoms with Gasteiger partial charge in [0, 0.05) is 13.0 Å². The molecule has 3 heterocycles. The van der Waals surface area contributed by atoms with E-state index in [1.807, 2.05) is 0 Å². The summed E-state index contributed by atoms with van der Waals surface area (Å²) in [5.41, 5.74) is 1.07. The maximum atomic E-state index is 13.3. The Balaban J connectivity index is 1.91. The van der Waals surface area contributed by atoms with E-state index in [1.54, 1.807) is 49.4 Å². The number of aromatic nitrogens is 1. The molecule has 1 atom stereocenters. The summed E-state index contributed by atoms with van der Waals surface area (Å²) in [6.07, 6.45) is 3.16. The molecule has 2 aromatic heterocycles. The van der Waals surface area contributed by atoms with Gasteiger partial charge in [-0.05, 0) is 36.8 Å². The Morgan fingerprint density at radius 1 is 1.23 bits per heavy atom. The highest BCUT2D eigenvalue weighted by Gasteiger charge is 2.33. The van der Waals surface area contributed by atoms with Gasteiger partial charge in [-0.3, -0.25) is 14.2 Å². The number of furan rings is 1. The molecule has 0 aliphatic carbocycles. The van der Waals surface area contributed by atoms with Crippen LogP contribution in [0.1, 0.15) is 31.2 Å². The highest BCUT2D eigenvalue weighted by Crippen LogP contribution is 2.31. The number of rotatable bonds is 4. The van der Waals surface area contributed by atoms with Crippen LogP contribution in [0.5, 0.6) is 5.75 Å². The van der Waals surface area contributed by atoms with Crippen molar-refractivity contribution < 1.29 is 23.5 Å². The van der Waals surface area contributed by atoms with Gasteiger partial charge in [-0.25, -0.2) is 9.79 Å². The van der Waals surface area contributed by atoms with Crippen LogP contribution in [0.25, 0.3) is 6.08 Å². The number of carbonyl (C=O) groups is 2. The Morgan fingerprint density at radius 3 is 2.58 bits per heavy atom. The summed E-state index contributed by atoms with van der Waals surface area (Å²) in [4.78, 5) is 42.1. The Kier molecular flexibility index (Phi) is 5.43. The second-order valence-electron chi connectivity index (χ2n) is 6.75. The lowest BCUT2D eigenvalue weighted by Gasteiger charge is -2.24. The van der Waals surface area contributed by atoms with Gasteiger partial charge >= 0.3 is 11.9 Å². The van der Waals surface area contributed by atoms with Crippen LogP contribution >= 0.6 is 11.3 Å². The van der Waals surface area contributed by atoms with Crippen molar-refractivity contribution in [3.8, 4) is 5.75 Å². The van der Waals surface area contributed by atoms with Crippen LogP contribution in [0, 0.1) is 0 Å². The van der Waals surface area contributed by atoms with Crippen molar-refractivity contribution in [1.29, 1.82) is 0 Å². The van der Waals surface area contributed by atoms with Gasteiger partial charge in [0.15, 0.2) is 4.80 Å². The van der Waals surface area contributed by atoms with Gasteiger partial charge in [-0.2, -0.15) is 0 Å². The third-order valence-corrected chi connectivity index (χ3v) is 5.68. The molecule has 0 saturated carbocycles. The molecule has 4 rings (SSSR count). The fourth-order valence-corrected chi connectivity index (χ4v) is 4.42. The monoisotopic (exact) mass is 438 g/mol. The van der Waals surface area contributed by atoms with E-state index in [2.05, 4.69) is 4.99 Å². The summed E-state index contributed by atoms with van der Waals surface area (Å²) in [7, 11) is 1.28. The van der Waals surface area contributed by atoms with E-state index in [1.165, 1.54) is 36.2 Å². The number of carbonyl (C=O) groups excluding carboxylic acids is 2. The molecule has 9 heteroatoms. The molecule has 8 nitrogen and oxygen atoms in total. The van der Waals surface area contributed by atoms with Crippen molar-refractivity contribution in [2.75, 3.05) is 7.11 Å². The minimum Gasteiger partial charge on any atom is -0.466 e. The van der Waals surface area contributed by atoms with Gasteiger partial charge in [0.1, 0.15) is 11.5 Å². The average molecular weight is 438 g/mol. The Bertz CT molecular complexity index is 1360. The molecule has 0 saturated heterocycles. The van der Waals surface area contributed by atoms with E-state index in [0.717, 1.165) is 0 Å². The highest BCUT2D eigenvalue weighted by atomic mass is 32.1. The van der Waals surface area contributed by atoms with Crippen molar-refractivity contribution in [1.82, 2.24) is 4.57 Å². The van der Waals surface area contributed by atoms with Crippen LogP contribution in [0.3, 0.4) is 0 Å². The normalized spacial score (nSPS) is 16.0. The summed E-state index contributed by atoms with van der Waals surface area (Å²) >= 11 is 1.21. The second kappa shape index (κ2) is 8.19. The van der Waals surface area contributed by atoms with Crippen molar-refractivity contribution in [3.63, 3.8) is 0 Å². The van der Waals surface area contributed by atoms with Crippen LogP contribution < -0.4 is 19.6 Å². The number of benzene rings is 1. The van der Waals surface area contributed by atoms with Crippen LogP contribution in [-0.4, -0.2) is 23.6 Å². The number of hydrogen-bond donors (Lipinski definition) is 0. The number of fused-ring (bicyclic) bond motifs is 1. The fraction of sp³-hybridized carbons (Fsp3) is 0.182. The predicted molar refractivity (Wildman–Crippen MR) is 112 cm³/mol. The second-order valence-corrected chi connectivity index (χ2v) is 7.76. The molecule has 0 fully saturated rings. The standard InChI is InChI=1S/C22H18N2O6S/c1-12-18(21(27)28-3)19(14-6-8-15(9-7-14)30-13(2)25)24-20(26)17(31-22(24)23-12)11-16-5-4-10-29-16/h4-11,19H,1-3H3/t19-/m1/s1. The Hall–Kier alpha value is -3.72. The smallest absolute Gasteiger partial charge is 0.338 e. The number of thiazole rings is 1. The molecule has 3 aromatic rings. The first kappa shape index (κ1) is 20.5. The maximum absolute atomic E-state index is 13.3. The van der Waals surface area contributed by atoms with Crippen LogP contribution in [0.2, 0.25) is 0 Å². The molecule has 0 radical (unpaired) electrons. The molecule has 31 heavy (non-hydrogen) atoms. The molecule has 1 aromatic carbocycles. The fourth-order valence-electron chi connectivity index (χ4n) is 3.39. The molecule has 1 aliphatic heterocycles. The van der Waals surface area contributed by atoms with Gasteiger partial charge < -0.3 is 13.9 Å². The van der Waals surface area contributed by atoms with Crippen molar-refractivity contribution >= 4 is 29.4 Å². The Labute approximate surface area is 180 Å². The summed E-state index contributed by atoms with van der Waals surface area (Å²) < 4.78 is 17.3. The van der Waals surface area contributed by atoms with E-state index in [9.17, 15) is 14.4 Å². The summed E-state index contributed by atoms with van der Waals surface area (Å²) in [5.74, 6) is -0.112. The van der Waals surface area contributed by atoms with Gasteiger partial charge in [0.05, 0.1) is 35.2 Å². The SMILES string of the molecule is COC(=O)C1=C(C)N=c2sc(=Cc3ccco3)c(=O)n2[C@@H]1c1ccc(OC(C)=O)cc1. The first-order valence-corrected chi connectivity index (χ1v) is 10.1. The summed E-state index contributed by atoms with van der Waals surface area (Å²) in [6, 6.07) is 9.36. The lowest BCUT2D eigenvalue weighted by Crippen LogP contribution is -2.39. The third kappa shape index (κ3) is 3.87. The van der Waals surface area contributed by atoms with Gasteiger partial charge in [-0.1, -0.05) is 23.5 Å². The van der Waals surface area contributed by atoms with Gasteiger partial charge in [0.25, 0.3) is 5.56 Å². The lowest BCUT2D eigenvalue weighted by molar-refractivity contribution is -0.136. The van der Waals surface area contributed by atoms with Crippen molar-refractivity contribution in [2.45, 2.75) is 19.9 Å².